The van der Waals surface area contributed by atoms with Gasteiger partial charge in [0, 0.05) is 24.7 Å². The van der Waals surface area contributed by atoms with Crippen LogP contribution in [0.4, 0.5) is 5.69 Å². The monoisotopic (exact) mass is 346 g/mol. The summed E-state index contributed by atoms with van der Waals surface area (Å²) in [6.45, 7) is 3.77. The Morgan fingerprint density at radius 2 is 1.95 bits per heavy atom. The first-order valence-electron chi connectivity index (χ1n) is 7.17. The van der Waals surface area contributed by atoms with Gasteiger partial charge in [-0.25, -0.2) is 8.42 Å². The molecule has 124 valence electrons. The summed E-state index contributed by atoms with van der Waals surface area (Å²) in [5.41, 5.74) is 7.51. The summed E-state index contributed by atoms with van der Waals surface area (Å²) < 4.78 is 23.7. The first-order chi connectivity index (χ1) is 9.83. The highest BCUT2D eigenvalue weighted by molar-refractivity contribution is 7.92. The second kappa shape index (κ2) is 7.33. The van der Waals surface area contributed by atoms with Gasteiger partial charge in [0.25, 0.3) is 0 Å². The van der Waals surface area contributed by atoms with Gasteiger partial charge in [0.05, 0.1) is 11.0 Å². The maximum atomic E-state index is 12.3. The van der Waals surface area contributed by atoms with E-state index in [0.717, 1.165) is 5.56 Å². The Hall–Kier alpha value is -1.27. The normalized spacial score (nSPS) is 23.6. The smallest absolute Gasteiger partial charge is 0.223 e. The van der Waals surface area contributed by atoms with E-state index in [0.29, 0.717) is 18.5 Å². The maximum absolute atomic E-state index is 12.3. The minimum Gasteiger partial charge on any atom is -0.399 e. The molecule has 0 spiro atoms. The van der Waals surface area contributed by atoms with E-state index in [2.05, 4.69) is 0 Å². The van der Waals surface area contributed by atoms with Crippen molar-refractivity contribution < 1.29 is 13.2 Å². The molecule has 2 atom stereocenters. The van der Waals surface area contributed by atoms with Crippen molar-refractivity contribution >= 4 is 33.8 Å². The molecule has 1 aromatic rings. The standard InChI is InChI=1S/C15H22N2O3S.ClH/c1-11-12(2)21(19,20)10-9-17(11)15(18)8-7-13-5-3-4-6-14(13)16;/h3-6,11-12H,7-10,16H2,1-2H3;1H. The Labute approximate surface area is 138 Å². The van der Waals surface area contributed by atoms with Crippen LogP contribution in [0.15, 0.2) is 24.3 Å². The molecule has 22 heavy (non-hydrogen) atoms. The molecule has 1 heterocycles. The van der Waals surface area contributed by atoms with E-state index in [9.17, 15) is 13.2 Å². The van der Waals surface area contributed by atoms with E-state index < -0.39 is 15.1 Å². The van der Waals surface area contributed by atoms with E-state index in [-0.39, 0.29) is 36.7 Å². The zero-order chi connectivity index (χ0) is 15.6. The summed E-state index contributed by atoms with van der Waals surface area (Å²) in [5.74, 6) is 0.0464. The molecule has 7 heteroatoms. The van der Waals surface area contributed by atoms with Crippen LogP contribution in [0.3, 0.4) is 0 Å². The van der Waals surface area contributed by atoms with Gasteiger partial charge in [0.2, 0.25) is 5.91 Å². The number of amides is 1. The number of para-hydroxylation sites is 1. The number of anilines is 1. The summed E-state index contributed by atoms with van der Waals surface area (Å²) in [5, 5.41) is -0.503. The van der Waals surface area contributed by atoms with E-state index in [1.54, 1.807) is 18.7 Å². The van der Waals surface area contributed by atoms with Gasteiger partial charge in [-0.2, -0.15) is 0 Å². The largest absolute Gasteiger partial charge is 0.399 e. The maximum Gasteiger partial charge on any atom is 0.223 e. The van der Waals surface area contributed by atoms with Crippen LogP contribution in [0.2, 0.25) is 0 Å². The van der Waals surface area contributed by atoms with Crippen molar-refractivity contribution in [3.63, 3.8) is 0 Å². The van der Waals surface area contributed by atoms with Crippen LogP contribution in [-0.2, 0) is 21.1 Å². The third-order valence-electron chi connectivity index (χ3n) is 4.34. The number of sulfone groups is 1. The average molecular weight is 347 g/mol. The highest BCUT2D eigenvalue weighted by atomic mass is 35.5. The Kier molecular flexibility index (Phi) is 6.26. The summed E-state index contributed by atoms with van der Waals surface area (Å²) in [7, 11) is -3.06. The number of hydrogen-bond donors (Lipinski definition) is 1. The van der Waals surface area contributed by atoms with Gasteiger partial charge in [-0.3, -0.25) is 4.79 Å². The number of carbonyl (C=O) groups excluding carboxylic acids is 1. The SMILES string of the molecule is CC1C(C)S(=O)(=O)CCN1C(=O)CCc1ccccc1N.Cl. The molecule has 0 saturated carbocycles. The fourth-order valence-corrected chi connectivity index (χ4v) is 4.24. The Morgan fingerprint density at radius 1 is 1.32 bits per heavy atom. The molecule has 1 fully saturated rings. The van der Waals surface area contributed by atoms with E-state index in [4.69, 9.17) is 5.73 Å². The zero-order valence-corrected chi connectivity index (χ0v) is 14.5. The minimum absolute atomic E-state index is 0. The molecular weight excluding hydrogens is 324 g/mol. The van der Waals surface area contributed by atoms with Crippen molar-refractivity contribution in [1.29, 1.82) is 0 Å². The molecule has 1 aromatic carbocycles. The van der Waals surface area contributed by atoms with Crippen molar-refractivity contribution in [2.75, 3.05) is 18.0 Å². The fraction of sp³-hybridized carbons (Fsp3) is 0.533. The number of carbonyl (C=O) groups is 1. The van der Waals surface area contributed by atoms with Crippen LogP contribution < -0.4 is 5.73 Å². The van der Waals surface area contributed by atoms with Gasteiger partial charge < -0.3 is 10.6 Å². The van der Waals surface area contributed by atoms with Crippen molar-refractivity contribution in [3.8, 4) is 0 Å². The zero-order valence-electron chi connectivity index (χ0n) is 12.9. The molecule has 2 N–H and O–H groups in total. The number of halogens is 1. The minimum atomic E-state index is -3.06. The molecule has 1 saturated heterocycles. The molecule has 0 radical (unpaired) electrons. The lowest BCUT2D eigenvalue weighted by atomic mass is 10.1. The van der Waals surface area contributed by atoms with Gasteiger partial charge in [-0.05, 0) is 31.9 Å². The number of nitrogens with zero attached hydrogens (tertiary/aromatic N) is 1. The van der Waals surface area contributed by atoms with Gasteiger partial charge in [0.1, 0.15) is 0 Å². The van der Waals surface area contributed by atoms with Crippen molar-refractivity contribution in [2.24, 2.45) is 0 Å². The molecule has 0 bridgehead atoms. The number of nitrogens with two attached hydrogens (primary N) is 1. The van der Waals surface area contributed by atoms with Gasteiger partial charge in [0.15, 0.2) is 9.84 Å². The Morgan fingerprint density at radius 3 is 2.59 bits per heavy atom. The second-order valence-corrected chi connectivity index (χ2v) is 8.08. The number of benzene rings is 1. The van der Waals surface area contributed by atoms with Crippen molar-refractivity contribution in [1.82, 2.24) is 4.90 Å². The molecule has 2 unspecified atom stereocenters. The van der Waals surface area contributed by atoms with Crippen LogP contribution >= 0.6 is 12.4 Å². The molecule has 0 aliphatic carbocycles. The topological polar surface area (TPSA) is 80.5 Å². The lowest BCUT2D eigenvalue weighted by Gasteiger charge is -2.37. The predicted octanol–water partition coefficient (Wildman–Crippen LogP) is 1.66. The highest BCUT2D eigenvalue weighted by Crippen LogP contribution is 2.21. The average Bonchev–Trinajstić information content (AvgIpc) is 2.44. The number of aryl methyl sites for hydroxylation is 1. The van der Waals surface area contributed by atoms with E-state index in [1.807, 2.05) is 24.3 Å². The molecule has 0 aromatic heterocycles. The second-order valence-electron chi connectivity index (χ2n) is 5.60. The number of nitrogen functional groups attached to an aromatic ring is 1. The first-order valence-corrected chi connectivity index (χ1v) is 8.89. The van der Waals surface area contributed by atoms with E-state index >= 15 is 0 Å². The fourth-order valence-electron chi connectivity index (χ4n) is 2.67. The summed E-state index contributed by atoms with van der Waals surface area (Å²) in [4.78, 5) is 14.0. The van der Waals surface area contributed by atoms with Crippen molar-refractivity contribution in [3.05, 3.63) is 29.8 Å². The molecule has 5 nitrogen and oxygen atoms in total. The molecular formula is C15H23ClN2O3S. The summed E-state index contributed by atoms with van der Waals surface area (Å²) in [6.07, 6.45) is 0.932. The lowest BCUT2D eigenvalue weighted by molar-refractivity contribution is -0.133. The van der Waals surface area contributed by atoms with Crippen LogP contribution in [0, 0.1) is 0 Å². The van der Waals surface area contributed by atoms with Gasteiger partial charge >= 0.3 is 0 Å². The molecule has 1 aliphatic rings. The van der Waals surface area contributed by atoms with Crippen LogP contribution in [0.5, 0.6) is 0 Å². The molecule has 1 amide bonds. The molecule has 2 rings (SSSR count). The Balaban J connectivity index is 0.00000242. The summed E-state index contributed by atoms with van der Waals surface area (Å²) >= 11 is 0. The summed E-state index contributed by atoms with van der Waals surface area (Å²) in [6, 6.07) is 7.21. The van der Waals surface area contributed by atoms with Crippen LogP contribution in [0.25, 0.3) is 0 Å². The highest BCUT2D eigenvalue weighted by Gasteiger charge is 2.37. The van der Waals surface area contributed by atoms with Crippen LogP contribution in [-0.4, -0.2) is 42.8 Å². The predicted molar refractivity (Wildman–Crippen MR) is 90.8 cm³/mol. The van der Waals surface area contributed by atoms with E-state index in [1.165, 1.54) is 0 Å². The Bertz CT molecular complexity index is 633. The third-order valence-corrected chi connectivity index (χ3v) is 6.62. The third kappa shape index (κ3) is 3.93. The number of hydrogen-bond acceptors (Lipinski definition) is 4. The van der Waals surface area contributed by atoms with Gasteiger partial charge in [-0.15, -0.1) is 12.4 Å². The number of rotatable bonds is 3. The molecule has 1 aliphatic heterocycles. The first kappa shape index (κ1) is 18.8. The van der Waals surface area contributed by atoms with Gasteiger partial charge in [-0.1, -0.05) is 18.2 Å². The lowest BCUT2D eigenvalue weighted by Crippen LogP contribution is -2.54. The van der Waals surface area contributed by atoms with Crippen LogP contribution in [0.1, 0.15) is 25.8 Å². The quantitative estimate of drug-likeness (QED) is 0.844. The van der Waals surface area contributed by atoms with Crippen molar-refractivity contribution in [2.45, 2.75) is 38.0 Å².